The van der Waals surface area contributed by atoms with Crippen LogP contribution < -0.4 is 5.32 Å². The Bertz CT molecular complexity index is 377. The van der Waals surface area contributed by atoms with Crippen molar-refractivity contribution in [3.8, 4) is 0 Å². The highest BCUT2D eigenvalue weighted by molar-refractivity contribution is 5.25. The fourth-order valence-corrected chi connectivity index (χ4v) is 2.52. The number of likely N-dealkylation sites (N-methyl/N-ethyl adjacent to an activating group) is 1. The third-order valence-electron chi connectivity index (χ3n) is 3.65. The van der Waals surface area contributed by atoms with Crippen molar-refractivity contribution in [3.05, 3.63) is 22.8 Å². The van der Waals surface area contributed by atoms with Gasteiger partial charge in [-0.1, -0.05) is 0 Å². The maximum absolute atomic E-state index is 5.39. The van der Waals surface area contributed by atoms with Gasteiger partial charge in [0.2, 0.25) is 0 Å². The van der Waals surface area contributed by atoms with E-state index in [-0.39, 0.29) is 0 Å². The minimum Gasteiger partial charge on any atom is -0.381 e. The van der Waals surface area contributed by atoms with Crippen molar-refractivity contribution in [1.29, 1.82) is 0 Å². The largest absolute Gasteiger partial charge is 0.381 e. The van der Waals surface area contributed by atoms with E-state index < -0.39 is 0 Å². The van der Waals surface area contributed by atoms with E-state index in [0.29, 0.717) is 5.92 Å². The molecule has 0 bridgehead atoms. The van der Waals surface area contributed by atoms with Gasteiger partial charge in [0, 0.05) is 30.5 Å². The number of nitrogens with one attached hydrogen (secondary N) is 1. The Balaban J connectivity index is 2.18. The van der Waals surface area contributed by atoms with Crippen LogP contribution in [0.2, 0.25) is 0 Å². The van der Waals surface area contributed by atoms with Gasteiger partial charge in [-0.15, -0.1) is 0 Å². The number of aryl methyl sites for hydroxylation is 2. The molecule has 2 rings (SSSR count). The van der Waals surface area contributed by atoms with Gasteiger partial charge in [0.05, 0.1) is 0 Å². The normalized spacial score (nSPS) is 17.1. The van der Waals surface area contributed by atoms with Crippen LogP contribution >= 0.6 is 0 Å². The molecular formula is C14H23N3O. The van der Waals surface area contributed by atoms with E-state index in [1.807, 2.05) is 7.05 Å². The predicted molar refractivity (Wildman–Crippen MR) is 71.9 cm³/mol. The summed E-state index contributed by atoms with van der Waals surface area (Å²) >= 11 is 0. The fourth-order valence-electron chi connectivity index (χ4n) is 2.52. The molecule has 0 atom stereocenters. The molecule has 1 aromatic rings. The van der Waals surface area contributed by atoms with E-state index in [1.165, 1.54) is 5.56 Å². The quantitative estimate of drug-likeness (QED) is 0.883. The number of rotatable bonds is 4. The second kappa shape index (κ2) is 6.25. The second-order valence-electron chi connectivity index (χ2n) is 4.97. The number of aromatic nitrogens is 2. The van der Waals surface area contributed by atoms with E-state index in [0.717, 1.165) is 56.2 Å². The zero-order valence-electron chi connectivity index (χ0n) is 11.6. The molecule has 2 heterocycles. The smallest absolute Gasteiger partial charge is 0.132 e. The van der Waals surface area contributed by atoms with Gasteiger partial charge < -0.3 is 10.1 Å². The van der Waals surface area contributed by atoms with Crippen LogP contribution in [0.3, 0.4) is 0 Å². The Morgan fingerprint density at radius 1 is 1.17 bits per heavy atom. The predicted octanol–water partition coefficient (Wildman–Crippen LogP) is 1.75. The Hall–Kier alpha value is -1.00. The molecule has 0 unspecified atom stereocenters. The van der Waals surface area contributed by atoms with Crippen LogP contribution in [0.25, 0.3) is 0 Å². The summed E-state index contributed by atoms with van der Waals surface area (Å²) < 4.78 is 5.39. The molecule has 1 aliphatic heterocycles. The molecule has 1 N–H and O–H groups in total. The minimum atomic E-state index is 0.481. The monoisotopic (exact) mass is 249 g/mol. The van der Waals surface area contributed by atoms with Crippen LogP contribution in [-0.4, -0.2) is 36.8 Å². The van der Waals surface area contributed by atoms with Crippen LogP contribution in [0, 0.1) is 13.8 Å². The average Bonchev–Trinajstić information content (AvgIpc) is 2.39. The molecule has 0 saturated carbocycles. The van der Waals surface area contributed by atoms with Crippen LogP contribution in [0.5, 0.6) is 0 Å². The Morgan fingerprint density at radius 3 is 2.33 bits per heavy atom. The van der Waals surface area contributed by atoms with Crippen LogP contribution in [0.15, 0.2) is 0 Å². The van der Waals surface area contributed by atoms with E-state index in [2.05, 4.69) is 19.2 Å². The summed E-state index contributed by atoms with van der Waals surface area (Å²) in [6.45, 7) is 6.86. The van der Waals surface area contributed by atoms with Gasteiger partial charge in [0.15, 0.2) is 0 Å². The van der Waals surface area contributed by atoms with E-state index in [1.54, 1.807) is 0 Å². The lowest BCUT2D eigenvalue weighted by molar-refractivity contribution is 0.0835. The first-order chi connectivity index (χ1) is 8.72. The van der Waals surface area contributed by atoms with Crippen molar-refractivity contribution in [3.63, 3.8) is 0 Å². The first-order valence-electron chi connectivity index (χ1n) is 6.78. The van der Waals surface area contributed by atoms with Gasteiger partial charge in [-0.3, -0.25) is 0 Å². The summed E-state index contributed by atoms with van der Waals surface area (Å²) in [5.74, 6) is 1.50. The number of hydrogen-bond donors (Lipinski definition) is 1. The van der Waals surface area contributed by atoms with Gasteiger partial charge in [-0.05, 0) is 52.3 Å². The van der Waals surface area contributed by atoms with Crippen molar-refractivity contribution in [2.24, 2.45) is 0 Å². The lowest BCUT2D eigenvalue weighted by Gasteiger charge is -2.22. The molecule has 1 aromatic heterocycles. The van der Waals surface area contributed by atoms with Crippen molar-refractivity contribution in [1.82, 2.24) is 15.3 Å². The van der Waals surface area contributed by atoms with Gasteiger partial charge in [0.25, 0.3) is 0 Å². The highest BCUT2D eigenvalue weighted by atomic mass is 16.5. The molecule has 1 saturated heterocycles. The van der Waals surface area contributed by atoms with Gasteiger partial charge in [0.1, 0.15) is 5.82 Å². The molecule has 0 radical (unpaired) electrons. The zero-order valence-corrected chi connectivity index (χ0v) is 11.6. The molecule has 1 aliphatic rings. The summed E-state index contributed by atoms with van der Waals surface area (Å²) in [6.07, 6.45) is 3.10. The first-order valence-corrected chi connectivity index (χ1v) is 6.78. The summed E-state index contributed by atoms with van der Waals surface area (Å²) in [5.41, 5.74) is 3.57. The first kappa shape index (κ1) is 13.4. The standard InChI is InChI=1S/C14H23N3O/c1-10-13(4-7-15-3)11(2)17-14(16-10)12-5-8-18-9-6-12/h12,15H,4-9H2,1-3H3. The molecular weight excluding hydrogens is 226 g/mol. The summed E-state index contributed by atoms with van der Waals surface area (Å²) in [7, 11) is 1.97. The second-order valence-corrected chi connectivity index (χ2v) is 4.97. The Morgan fingerprint density at radius 2 is 1.78 bits per heavy atom. The molecule has 0 aromatic carbocycles. The number of nitrogens with zero attached hydrogens (tertiary/aromatic N) is 2. The molecule has 0 aliphatic carbocycles. The van der Waals surface area contributed by atoms with Crippen molar-refractivity contribution in [2.45, 2.75) is 39.0 Å². The third kappa shape index (κ3) is 3.06. The maximum atomic E-state index is 5.39. The average molecular weight is 249 g/mol. The van der Waals surface area contributed by atoms with E-state index >= 15 is 0 Å². The van der Waals surface area contributed by atoms with E-state index in [9.17, 15) is 0 Å². The van der Waals surface area contributed by atoms with E-state index in [4.69, 9.17) is 14.7 Å². The fraction of sp³-hybridized carbons (Fsp3) is 0.714. The maximum Gasteiger partial charge on any atom is 0.132 e. The van der Waals surface area contributed by atoms with Crippen molar-refractivity contribution >= 4 is 0 Å². The van der Waals surface area contributed by atoms with Crippen molar-refractivity contribution < 1.29 is 4.74 Å². The number of hydrogen-bond acceptors (Lipinski definition) is 4. The number of ether oxygens (including phenoxy) is 1. The molecule has 100 valence electrons. The lowest BCUT2D eigenvalue weighted by Crippen LogP contribution is -2.19. The highest BCUT2D eigenvalue weighted by Crippen LogP contribution is 2.25. The topological polar surface area (TPSA) is 47.0 Å². The third-order valence-corrected chi connectivity index (χ3v) is 3.65. The molecule has 1 fully saturated rings. The molecule has 4 heteroatoms. The Labute approximate surface area is 109 Å². The summed E-state index contributed by atoms with van der Waals surface area (Å²) in [4.78, 5) is 9.43. The lowest BCUT2D eigenvalue weighted by atomic mass is 9.98. The summed E-state index contributed by atoms with van der Waals surface area (Å²) in [5, 5.41) is 3.18. The van der Waals surface area contributed by atoms with Crippen molar-refractivity contribution in [2.75, 3.05) is 26.8 Å². The Kier molecular flexibility index (Phi) is 4.66. The van der Waals surface area contributed by atoms with Crippen LogP contribution in [0.1, 0.15) is 41.5 Å². The van der Waals surface area contributed by atoms with Crippen LogP contribution in [-0.2, 0) is 11.2 Å². The SMILES string of the molecule is CNCCc1c(C)nc(C2CCOCC2)nc1C. The highest BCUT2D eigenvalue weighted by Gasteiger charge is 2.20. The van der Waals surface area contributed by atoms with Gasteiger partial charge in [-0.2, -0.15) is 0 Å². The molecule has 0 spiro atoms. The zero-order chi connectivity index (χ0) is 13.0. The molecule has 0 amide bonds. The molecule has 18 heavy (non-hydrogen) atoms. The van der Waals surface area contributed by atoms with Gasteiger partial charge >= 0.3 is 0 Å². The molecule has 4 nitrogen and oxygen atoms in total. The van der Waals surface area contributed by atoms with Gasteiger partial charge in [-0.25, -0.2) is 9.97 Å². The summed E-state index contributed by atoms with van der Waals surface area (Å²) in [6, 6.07) is 0. The van der Waals surface area contributed by atoms with Crippen LogP contribution in [0.4, 0.5) is 0 Å². The minimum absolute atomic E-state index is 0.481.